The third-order valence-electron chi connectivity index (χ3n) is 2.78. The van der Waals surface area contributed by atoms with E-state index in [1.54, 1.807) is 12.1 Å². The van der Waals surface area contributed by atoms with E-state index in [1.165, 1.54) is 0 Å². The van der Waals surface area contributed by atoms with E-state index in [9.17, 15) is 18.0 Å². The summed E-state index contributed by atoms with van der Waals surface area (Å²) in [6.45, 7) is 0. The van der Waals surface area contributed by atoms with E-state index in [4.69, 9.17) is 9.84 Å². The van der Waals surface area contributed by atoms with E-state index >= 15 is 0 Å². The molecule has 0 saturated carbocycles. The van der Waals surface area contributed by atoms with Gasteiger partial charge in [0.05, 0.1) is 3.57 Å². The maximum atomic E-state index is 12.9. The van der Waals surface area contributed by atoms with Crippen LogP contribution in [0.25, 0.3) is 0 Å². The Morgan fingerprint density at radius 1 is 1.37 bits per heavy atom. The van der Waals surface area contributed by atoms with Crippen LogP contribution in [-0.4, -0.2) is 23.4 Å². The minimum atomic E-state index is -4.70. The average Bonchev–Trinajstić information content (AvgIpc) is 2.25. The Bertz CT molecular complexity index is 531. The van der Waals surface area contributed by atoms with E-state index < -0.39 is 24.2 Å². The molecule has 19 heavy (non-hydrogen) atoms. The molecular weight excluding hydrogens is 491 g/mol. The number of ether oxygens (including phenoxy) is 1. The first kappa shape index (κ1) is 15.1. The molecular formula is C11H7F3I2O3. The summed E-state index contributed by atoms with van der Waals surface area (Å²) in [5.74, 6) is -2.97. The molecule has 3 nitrogen and oxygen atoms in total. The molecule has 1 aromatic carbocycles. The number of carboxylic acid groups (broad SMARTS) is 1. The van der Waals surface area contributed by atoms with Crippen LogP contribution in [0.15, 0.2) is 12.1 Å². The van der Waals surface area contributed by atoms with Crippen molar-refractivity contribution in [3.63, 3.8) is 0 Å². The summed E-state index contributed by atoms with van der Waals surface area (Å²) in [7, 11) is 0. The molecule has 2 rings (SSSR count). The van der Waals surface area contributed by atoms with Crippen LogP contribution in [0.1, 0.15) is 5.56 Å². The fraction of sp³-hybridized carbons (Fsp3) is 0.364. The van der Waals surface area contributed by atoms with Crippen molar-refractivity contribution >= 4 is 51.2 Å². The highest BCUT2D eigenvalue weighted by Gasteiger charge is 2.52. The van der Waals surface area contributed by atoms with Crippen LogP contribution < -0.4 is 4.74 Å². The third kappa shape index (κ3) is 3.09. The first-order chi connectivity index (χ1) is 8.70. The molecule has 0 spiro atoms. The summed E-state index contributed by atoms with van der Waals surface area (Å²) in [6.07, 6.45) is -7.18. The normalized spacial score (nSPS) is 22.6. The Hall–Kier alpha value is -0.260. The van der Waals surface area contributed by atoms with Crippen molar-refractivity contribution in [1.29, 1.82) is 0 Å². The van der Waals surface area contributed by atoms with Crippen LogP contribution in [-0.2, 0) is 11.2 Å². The standard InChI is InChI=1S/C11H7F3I2O3/c12-11(13,14)9-6(10(17)18)2-4-1-5(15)3-7(16)8(4)19-9/h1,3,6,9H,2H2,(H,17,18). The van der Waals surface area contributed by atoms with Gasteiger partial charge in [0, 0.05) is 3.57 Å². The smallest absolute Gasteiger partial charge is 0.426 e. The highest BCUT2D eigenvalue weighted by atomic mass is 127. The molecule has 1 aliphatic rings. The monoisotopic (exact) mass is 498 g/mol. The fourth-order valence-corrected chi connectivity index (χ4v) is 4.05. The number of aliphatic carboxylic acids is 1. The summed E-state index contributed by atoms with van der Waals surface area (Å²) in [5.41, 5.74) is 0.504. The molecule has 2 unspecified atom stereocenters. The Balaban J connectivity index is 2.48. The van der Waals surface area contributed by atoms with Gasteiger partial charge in [-0.05, 0) is 69.3 Å². The lowest BCUT2D eigenvalue weighted by Gasteiger charge is -2.33. The second kappa shape index (κ2) is 5.26. The molecule has 0 bridgehead atoms. The van der Waals surface area contributed by atoms with Gasteiger partial charge in [-0.3, -0.25) is 4.79 Å². The van der Waals surface area contributed by atoms with Gasteiger partial charge in [-0.1, -0.05) is 0 Å². The summed E-state index contributed by atoms with van der Waals surface area (Å²) < 4.78 is 44.9. The molecule has 2 atom stereocenters. The molecule has 0 fully saturated rings. The van der Waals surface area contributed by atoms with Crippen LogP contribution in [0.2, 0.25) is 0 Å². The Kier molecular flexibility index (Phi) is 4.19. The maximum Gasteiger partial charge on any atom is 0.426 e. The molecule has 1 aliphatic heterocycles. The second-order valence-corrected chi connectivity index (χ2v) is 6.51. The van der Waals surface area contributed by atoms with Gasteiger partial charge in [0.2, 0.25) is 6.10 Å². The summed E-state index contributed by atoms with van der Waals surface area (Å²) in [4.78, 5) is 11.0. The average molecular weight is 498 g/mol. The van der Waals surface area contributed by atoms with E-state index in [1.807, 2.05) is 45.2 Å². The first-order valence-corrected chi connectivity index (χ1v) is 7.30. The number of hydrogen-bond acceptors (Lipinski definition) is 2. The molecule has 8 heteroatoms. The molecule has 1 aromatic rings. The van der Waals surface area contributed by atoms with E-state index in [0.717, 1.165) is 3.57 Å². The van der Waals surface area contributed by atoms with Crippen molar-refractivity contribution in [2.75, 3.05) is 0 Å². The number of rotatable bonds is 1. The van der Waals surface area contributed by atoms with Crippen LogP contribution in [0.4, 0.5) is 13.2 Å². The quantitative estimate of drug-likeness (QED) is 0.604. The van der Waals surface area contributed by atoms with Gasteiger partial charge in [0.25, 0.3) is 0 Å². The number of alkyl halides is 3. The Morgan fingerprint density at radius 3 is 2.53 bits per heavy atom. The van der Waals surface area contributed by atoms with Gasteiger partial charge in [-0.2, -0.15) is 13.2 Å². The number of halogens is 5. The van der Waals surface area contributed by atoms with E-state index in [0.29, 0.717) is 9.13 Å². The molecule has 0 aromatic heterocycles. The molecule has 104 valence electrons. The van der Waals surface area contributed by atoms with Gasteiger partial charge in [0.15, 0.2) is 0 Å². The highest BCUT2D eigenvalue weighted by Crippen LogP contribution is 2.41. The second-order valence-electron chi connectivity index (χ2n) is 4.10. The lowest BCUT2D eigenvalue weighted by molar-refractivity contribution is -0.217. The molecule has 0 radical (unpaired) electrons. The summed E-state index contributed by atoms with van der Waals surface area (Å²) in [5, 5.41) is 8.95. The molecule has 1 heterocycles. The zero-order valence-corrected chi connectivity index (χ0v) is 13.5. The molecule has 0 amide bonds. The summed E-state index contributed by atoms with van der Waals surface area (Å²) >= 11 is 3.91. The maximum absolute atomic E-state index is 12.9. The van der Waals surface area contributed by atoms with Crippen LogP contribution in [0, 0.1) is 13.1 Å². The Morgan fingerprint density at radius 2 is 2.00 bits per heavy atom. The zero-order valence-electron chi connectivity index (χ0n) is 9.17. The predicted molar refractivity (Wildman–Crippen MR) is 77.2 cm³/mol. The molecule has 0 saturated heterocycles. The first-order valence-electron chi connectivity index (χ1n) is 5.14. The minimum Gasteiger partial charge on any atom is -0.481 e. The van der Waals surface area contributed by atoms with Crippen LogP contribution in [0.5, 0.6) is 5.75 Å². The topological polar surface area (TPSA) is 46.5 Å². The van der Waals surface area contributed by atoms with Gasteiger partial charge in [-0.25, -0.2) is 0 Å². The lowest BCUT2D eigenvalue weighted by atomic mass is 9.90. The van der Waals surface area contributed by atoms with Crippen LogP contribution in [0.3, 0.4) is 0 Å². The van der Waals surface area contributed by atoms with Crippen LogP contribution >= 0.6 is 45.2 Å². The predicted octanol–water partition coefficient (Wildman–Crippen LogP) is 3.46. The number of fused-ring (bicyclic) bond motifs is 1. The van der Waals surface area contributed by atoms with E-state index in [-0.39, 0.29) is 12.2 Å². The fourth-order valence-electron chi connectivity index (χ4n) is 1.96. The minimum absolute atomic E-state index is 0.140. The summed E-state index contributed by atoms with van der Waals surface area (Å²) in [6, 6.07) is 3.34. The van der Waals surface area contributed by atoms with Crippen molar-refractivity contribution in [1.82, 2.24) is 0 Å². The van der Waals surface area contributed by atoms with Crippen molar-refractivity contribution in [2.24, 2.45) is 5.92 Å². The molecule has 1 N–H and O–H groups in total. The van der Waals surface area contributed by atoms with Crippen molar-refractivity contribution < 1.29 is 27.8 Å². The number of hydrogen-bond donors (Lipinski definition) is 1. The van der Waals surface area contributed by atoms with Gasteiger partial charge >= 0.3 is 12.1 Å². The Labute approximate surface area is 133 Å². The van der Waals surface area contributed by atoms with Gasteiger partial charge in [0.1, 0.15) is 11.7 Å². The number of benzene rings is 1. The number of carboxylic acids is 1. The highest BCUT2D eigenvalue weighted by molar-refractivity contribution is 14.1. The largest absolute Gasteiger partial charge is 0.481 e. The molecule has 0 aliphatic carbocycles. The lowest BCUT2D eigenvalue weighted by Crippen LogP contribution is -2.47. The van der Waals surface area contributed by atoms with Crippen molar-refractivity contribution in [2.45, 2.75) is 18.7 Å². The van der Waals surface area contributed by atoms with Crippen molar-refractivity contribution in [3.05, 3.63) is 24.8 Å². The third-order valence-corrected chi connectivity index (χ3v) is 4.20. The number of carbonyl (C=O) groups is 1. The van der Waals surface area contributed by atoms with Gasteiger partial charge < -0.3 is 9.84 Å². The SMILES string of the molecule is O=C(O)C1Cc2cc(I)cc(I)c2OC1C(F)(F)F. The zero-order chi connectivity index (χ0) is 14.4. The van der Waals surface area contributed by atoms with E-state index in [2.05, 4.69) is 0 Å². The van der Waals surface area contributed by atoms with Gasteiger partial charge in [-0.15, -0.1) is 0 Å². The van der Waals surface area contributed by atoms with Crippen molar-refractivity contribution in [3.8, 4) is 5.75 Å².